The number of carbonyl (C=O) groups is 1. The molecule has 0 saturated carbocycles. The molecular weight excluding hydrogens is 348 g/mol. The third-order valence-electron chi connectivity index (χ3n) is 4.71. The van der Waals surface area contributed by atoms with Gasteiger partial charge in [0, 0.05) is 41.6 Å². The smallest absolute Gasteiger partial charge is 0.272 e. The Labute approximate surface area is 163 Å². The van der Waals surface area contributed by atoms with Crippen molar-refractivity contribution in [1.82, 2.24) is 15.0 Å². The van der Waals surface area contributed by atoms with Crippen molar-refractivity contribution in [3.63, 3.8) is 0 Å². The summed E-state index contributed by atoms with van der Waals surface area (Å²) in [5, 5.41) is 5.23. The summed E-state index contributed by atoms with van der Waals surface area (Å²) in [5.41, 5.74) is 7.66. The first kappa shape index (κ1) is 17.7. The molecule has 0 atom stereocenters. The maximum absolute atomic E-state index is 12.1. The zero-order valence-electron chi connectivity index (χ0n) is 15.5. The fraction of sp³-hybridized carbons (Fsp3) is 0.0870. The van der Waals surface area contributed by atoms with Gasteiger partial charge < -0.3 is 4.57 Å². The molecule has 5 heteroatoms. The molecule has 0 aliphatic carbocycles. The number of hydrazone groups is 1. The van der Waals surface area contributed by atoms with Crippen molar-refractivity contribution in [2.45, 2.75) is 13.5 Å². The molecule has 5 nitrogen and oxygen atoms in total. The van der Waals surface area contributed by atoms with Crippen LogP contribution in [0.25, 0.3) is 10.9 Å². The van der Waals surface area contributed by atoms with Crippen LogP contribution in [0.4, 0.5) is 0 Å². The molecule has 2 heterocycles. The van der Waals surface area contributed by atoms with Crippen LogP contribution in [0.3, 0.4) is 0 Å². The topological polar surface area (TPSA) is 59.3 Å². The molecule has 0 unspecified atom stereocenters. The molecule has 0 aliphatic heterocycles. The van der Waals surface area contributed by atoms with Crippen LogP contribution in [-0.2, 0) is 6.54 Å². The van der Waals surface area contributed by atoms with E-state index in [0.29, 0.717) is 5.56 Å². The van der Waals surface area contributed by atoms with Crippen LogP contribution in [-0.4, -0.2) is 21.7 Å². The van der Waals surface area contributed by atoms with Crippen molar-refractivity contribution < 1.29 is 4.79 Å². The second kappa shape index (κ2) is 7.88. The van der Waals surface area contributed by atoms with E-state index in [1.165, 1.54) is 17.3 Å². The van der Waals surface area contributed by atoms with Gasteiger partial charge in [0.1, 0.15) is 0 Å². The summed E-state index contributed by atoms with van der Waals surface area (Å²) in [4.78, 5) is 16.1. The van der Waals surface area contributed by atoms with Gasteiger partial charge in [-0.2, -0.15) is 5.10 Å². The number of hydrogen-bond donors (Lipinski definition) is 1. The first-order valence-electron chi connectivity index (χ1n) is 9.08. The monoisotopic (exact) mass is 368 g/mol. The van der Waals surface area contributed by atoms with Gasteiger partial charge in [-0.3, -0.25) is 9.78 Å². The van der Waals surface area contributed by atoms with Gasteiger partial charge in [-0.1, -0.05) is 42.5 Å². The van der Waals surface area contributed by atoms with Gasteiger partial charge in [-0.05, 0) is 36.2 Å². The maximum Gasteiger partial charge on any atom is 0.272 e. The van der Waals surface area contributed by atoms with Crippen LogP contribution in [0.1, 0.15) is 27.0 Å². The number of aromatic nitrogens is 2. The largest absolute Gasteiger partial charge is 0.342 e. The summed E-state index contributed by atoms with van der Waals surface area (Å²) in [7, 11) is 0. The van der Waals surface area contributed by atoms with E-state index in [2.05, 4.69) is 69.6 Å². The van der Waals surface area contributed by atoms with E-state index in [9.17, 15) is 4.79 Å². The summed E-state index contributed by atoms with van der Waals surface area (Å²) in [6.07, 6.45) is 6.89. The van der Waals surface area contributed by atoms with Crippen LogP contribution in [0.15, 0.2) is 84.4 Å². The number of nitrogens with one attached hydrogen (secondary N) is 1. The Morgan fingerprint density at radius 3 is 2.75 bits per heavy atom. The highest BCUT2D eigenvalue weighted by molar-refractivity contribution is 6.00. The predicted molar refractivity (Wildman–Crippen MR) is 112 cm³/mol. The third kappa shape index (κ3) is 3.69. The van der Waals surface area contributed by atoms with Gasteiger partial charge in [0.15, 0.2) is 0 Å². The minimum Gasteiger partial charge on any atom is -0.342 e. The first-order valence-corrected chi connectivity index (χ1v) is 9.08. The quantitative estimate of drug-likeness (QED) is 0.425. The Morgan fingerprint density at radius 1 is 1.11 bits per heavy atom. The number of fused-ring (bicyclic) bond motifs is 1. The van der Waals surface area contributed by atoms with E-state index in [0.717, 1.165) is 23.0 Å². The predicted octanol–water partition coefficient (Wildman–Crippen LogP) is 4.16. The molecule has 0 saturated heterocycles. The van der Waals surface area contributed by atoms with Crippen molar-refractivity contribution in [1.29, 1.82) is 0 Å². The van der Waals surface area contributed by atoms with Crippen LogP contribution < -0.4 is 5.43 Å². The third-order valence-corrected chi connectivity index (χ3v) is 4.71. The van der Waals surface area contributed by atoms with Crippen LogP contribution in [0.5, 0.6) is 0 Å². The maximum atomic E-state index is 12.1. The highest BCUT2D eigenvalue weighted by Crippen LogP contribution is 2.22. The molecule has 4 rings (SSSR count). The fourth-order valence-corrected chi connectivity index (χ4v) is 3.20. The number of amides is 1. The van der Waals surface area contributed by atoms with Gasteiger partial charge in [0.25, 0.3) is 5.91 Å². The number of carbonyl (C=O) groups excluding carboxylic acids is 1. The van der Waals surface area contributed by atoms with Gasteiger partial charge in [-0.15, -0.1) is 0 Å². The summed E-state index contributed by atoms with van der Waals surface area (Å²) in [5.74, 6) is -0.284. The first-order chi connectivity index (χ1) is 13.7. The lowest BCUT2D eigenvalue weighted by atomic mass is 10.1. The number of hydrogen-bond acceptors (Lipinski definition) is 3. The number of benzene rings is 2. The molecular formula is C23H20N4O. The zero-order valence-corrected chi connectivity index (χ0v) is 15.5. The summed E-state index contributed by atoms with van der Waals surface area (Å²) in [6.45, 7) is 2.90. The summed E-state index contributed by atoms with van der Waals surface area (Å²) in [6, 6.07) is 20.0. The van der Waals surface area contributed by atoms with E-state index in [1.807, 2.05) is 12.1 Å². The fourth-order valence-electron chi connectivity index (χ4n) is 3.20. The molecule has 0 fully saturated rings. The highest BCUT2D eigenvalue weighted by atomic mass is 16.2. The number of nitrogens with zero attached hydrogens (tertiary/aromatic N) is 3. The summed E-state index contributed by atoms with van der Waals surface area (Å²) >= 11 is 0. The molecule has 0 radical (unpaired) electrons. The Hall–Kier alpha value is -3.73. The van der Waals surface area contributed by atoms with Gasteiger partial charge in [-0.25, -0.2) is 5.43 Å². The molecule has 138 valence electrons. The van der Waals surface area contributed by atoms with Crippen LogP contribution in [0.2, 0.25) is 0 Å². The van der Waals surface area contributed by atoms with Crippen molar-refractivity contribution in [2.24, 2.45) is 5.10 Å². The van der Waals surface area contributed by atoms with E-state index in [4.69, 9.17) is 0 Å². The molecule has 4 aromatic rings. The van der Waals surface area contributed by atoms with E-state index in [1.54, 1.807) is 24.5 Å². The Kier molecular flexibility index (Phi) is 4.97. The van der Waals surface area contributed by atoms with Gasteiger partial charge in [0.2, 0.25) is 0 Å². The Morgan fingerprint density at radius 2 is 1.93 bits per heavy atom. The van der Waals surface area contributed by atoms with Gasteiger partial charge >= 0.3 is 0 Å². The minimum absolute atomic E-state index is 0.284. The van der Waals surface area contributed by atoms with Crippen molar-refractivity contribution in [3.05, 3.63) is 102 Å². The highest BCUT2D eigenvalue weighted by Gasteiger charge is 2.08. The van der Waals surface area contributed by atoms with Crippen LogP contribution >= 0.6 is 0 Å². The molecule has 0 spiro atoms. The molecule has 1 N–H and O–H groups in total. The standard InChI is InChI=1S/C23H20N4O/c1-17-7-2-3-8-19(17)15-27-16-20(21-10-4-5-11-22(21)27)14-25-26-23(28)18-9-6-12-24-13-18/h2-14,16H,15H2,1H3,(H,26,28)/b25-14+. The molecule has 2 aromatic carbocycles. The van der Waals surface area contributed by atoms with Crippen molar-refractivity contribution >= 4 is 23.0 Å². The van der Waals surface area contributed by atoms with E-state index < -0.39 is 0 Å². The Balaban J connectivity index is 1.59. The number of para-hydroxylation sites is 1. The molecule has 2 aromatic heterocycles. The van der Waals surface area contributed by atoms with Gasteiger partial charge in [0.05, 0.1) is 11.8 Å². The lowest BCUT2D eigenvalue weighted by molar-refractivity contribution is 0.0955. The lowest BCUT2D eigenvalue weighted by Crippen LogP contribution is -2.17. The second-order valence-corrected chi connectivity index (χ2v) is 6.60. The molecule has 28 heavy (non-hydrogen) atoms. The molecule has 0 bridgehead atoms. The molecule has 1 amide bonds. The second-order valence-electron chi connectivity index (χ2n) is 6.60. The minimum atomic E-state index is -0.284. The summed E-state index contributed by atoms with van der Waals surface area (Å²) < 4.78 is 2.21. The molecule has 0 aliphatic rings. The lowest BCUT2D eigenvalue weighted by Gasteiger charge is -2.08. The van der Waals surface area contributed by atoms with Crippen molar-refractivity contribution in [3.8, 4) is 0 Å². The van der Waals surface area contributed by atoms with Crippen molar-refractivity contribution in [2.75, 3.05) is 0 Å². The SMILES string of the molecule is Cc1ccccc1Cn1cc(/C=N/NC(=O)c2cccnc2)c2ccccc21. The zero-order chi connectivity index (χ0) is 19.3. The average molecular weight is 368 g/mol. The Bertz CT molecular complexity index is 1150. The van der Waals surface area contributed by atoms with Crippen LogP contribution in [0, 0.1) is 6.92 Å². The number of rotatable bonds is 5. The van der Waals surface area contributed by atoms with E-state index >= 15 is 0 Å². The normalized spacial score (nSPS) is 11.2. The average Bonchev–Trinajstić information content (AvgIpc) is 3.08. The van der Waals surface area contributed by atoms with E-state index in [-0.39, 0.29) is 5.91 Å². The number of aryl methyl sites for hydroxylation is 1. The number of pyridine rings is 1.